The van der Waals surface area contributed by atoms with Gasteiger partial charge in [-0.05, 0) is 6.07 Å². The predicted molar refractivity (Wildman–Crippen MR) is 47.3 cm³/mol. The van der Waals surface area contributed by atoms with Gasteiger partial charge < -0.3 is 4.90 Å². The fourth-order valence-corrected chi connectivity index (χ4v) is 1.28. The van der Waals surface area contributed by atoms with Crippen LogP contribution in [0.15, 0.2) is 29.3 Å². The van der Waals surface area contributed by atoms with Crippen LogP contribution in [0.2, 0.25) is 0 Å². The molecule has 1 aliphatic heterocycles. The van der Waals surface area contributed by atoms with E-state index in [1.165, 1.54) is 11.3 Å². The number of benzene rings is 1. The first-order valence-corrected chi connectivity index (χ1v) is 3.68. The minimum absolute atomic E-state index is 0.775. The number of aliphatic imine (C=N–C) groups is 1. The minimum atomic E-state index is 0.775. The molecular formula is C9H10N2. The summed E-state index contributed by atoms with van der Waals surface area (Å²) in [5, 5.41) is 0. The van der Waals surface area contributed by atoms with Gasteiger partial charge >= 0.3 is 0 Å². The lowest BCUT2D eigenvalue weighted by Gasteiger charge is -2.22. The van der Waals surface area contributed by atoms with Crippen LogP contribution in [0.25, 0.3) is 0 Å². The summed E-state index contributed by atoms with van der Waals surface area (Å²) in [4.78, 5) is 6.33. The van der Waals surface area contributed by atoms with E-state index in [4.69, 9.17) is 0 Å². The summed E-state index contributed by atoms with van der Waals surface area (Å²) >= 11 is 0. The minimum Gasteiger partial charge on any atom is -0.355 e. The summed E-state index contributed by atoms with van der Waals surface area (Å²) in [6, 6.07) is 8.27. The lowest BCUT2D eigenvalue weighted by atomic mass is 10.1. The van der Waals surface area contributed by atoms with Crippen molar-refractivity contribution in [2.24, 2.45) is 4.99 Å². The van der Waals surface area contributed by atoms with E-state index in [9.17, 15) is 0 Å². The third kappa shape index (κ3) is 1.00. The summed E-state index contributed by atoms with van der Waals surface area (Å²) in [5.74, 6) is 0. The van der Waals surface area contributed by atoms with Gasteiger partial charge in [-0.1, -0.05) is 18.2 Å². The molecule has 1 heterocycles. The van der Waals surface area contributed by atoms with E-state index in [1.54, 1.807) is 0 Å². The van der Waals surface area contributed by atoms with Crippen LogP contribution in [0, 0.1) is 0 Å². The summed E-state index contributed by atoms with van der Waals surface area (Å²) < 4.78 is 0. The third-order valence-corrected chi connectivity index (χ3v) is 1.87. The molecule has 2 heteroatoms. The highest BCUT2D eigenvalue weighted by atomic mass is 15.2. The van der Waals surface area contributed by atoms with Crippen molar-refractivity contribution in [1.82, 2.24) is 0 Å². The van der Waals surface area contributed by atoms with Crippen LogP contribution >= 0.6 is 0 Å². The summed E-state index contributed by atoms with van der Waals surface area (Å²) in [6.45, 7) is 0.775. The maximum atomic E-state index is 4.20. The fourth-order valence-electron chi connectivity index (χ4n) is 1.28. The molecule has 2 nitrogen and oxygen atoms in total. The number of rotatable bonds is 0. The second-order valence-corrected chi connectivity index (χ2v) is 2.71. The molecule has 0 fully saturated rings. The average Bonchev–Trinajstić information content (AvgIpc) is 2.06. The van der Waals surface area contributed by atoms with Gasteiger partial charge in [-0.3, -0.25) is 4.99 Å². The molecule has 0 saturated carbocycles. The number of fused-ring (bicyclic) bond motifs is 1. The number of hydrogen-bond donors (Lipinski definition) is 0. The van der Waals surface area contributed by atoms with Gasteiger partial charge in [-0.2, -0.15) is 0 Å². The molecule has 2 rings (SSSR count). The van der Waals surface area contributed by atoms with E-state index in [1.807, 2.05) is 12.3 Å². The highest BCUT2D eigenvalue weighted by molar-refractivity contribution is 5.89. The molecule has 0 saturated heterocycles. The smallest absolute Gasteiger partial charge is 0.109 e. The third-order valence-electron chi connectivity index (χ3n) is 1.87. The number of anilines is 1. The SMILES string of the molecule is CN1CN=Cc2ccccc21. The molecular weight excluding hydrogens is 136 g/mol. The molecule has 0 radical (unpaired) electrons. The molecule has 1 aromatic carbocycles. The monoisotopic (exact) mass is 146 g/mol. The summed E-state index contributed by atoms with van der Waals surface area (Å²) in [5.41, 5.74) is 2.48. The second kappa shape index (κ2) is 2.38. The van der Waals surface area contributed by atoms with Gasteiger partial charge in [-0.15, -0.1) is 0 Å². The molecule has 0 aliphatic carbocycles. The van der Waals surface area contributed by atoms with Crippen molar-refractivity contribution in [3.05, 3.63) is 29.8 Å². The Bertz CT molecular complexity index is 291. The first-order valence-electron chi connectivity index (χ1n) is 3.68. The number of hydrogen-bond acceptors (Lipinski definition) is 2. The lowest BCUT2D eigenvalue weighted by Crippen LogP contribution is -2.21. The zero-order valence-corrected chi connectivity index (χ0v) is 6.49. The maximum absolute atomic E-state index is 4.20. The summed E-state index contributed by atoms with van der Waals surface area (Å²) in [7, 11) is 2.05. The Morgan fingerprint density at radius 1 is 1.36 bits per heavy atom. The van der Waals surface area contributed by atoms with Crippen LogP contribution in [-0.4, -0.2) is 19.9 Å². The second-order valence-electron chi connectivity index (χ2n) is 2.71. The van der Waals surface area contributed by atoms with Gasteiger partial charge in [0.2, 0.25) is 0 Å². The van der Waals surface area contributed by atoms with Crippen molar-refractivity contribution in [1.29, 1.82) is 0 Å². The van der Waals surface area contributed by atoms with E-state index in [2.05, 4.69) is 35.1 Å². The fraction of sp³-hybridized carbons (Fsp3) is 0.222. The Kier molecular flexibility index (Phi) is 1.39. The molecule has 0 aromatic heterocycles. The van der Waals surface area contributed by atoms with Gasteiger partial charge in [0, 0.05) is 24.5 Å². The quantitative estimate of drug-likeness (QED) is 0.541. The number of nitrogens with zero attached hydrogens (tertiary/aromatic N) is 2. The molecule has 0 amide bonds. The Morgan fingerprint density at radius 2 is 2.18 bits per heavy atom. The van der Waals surface area contributed by atoms with E-state index in [0.717, 1.165) is 6.67 Å². The molecule has 0 unspecified atom stereocenters. The zero-order valence-electron chi connectivity index (χ0n) is 6.49. The molecule has 0 bridgehead atoms. The summed E-state index contributed by atoms with van der Waals surface area (Å²) in [6.07, 6.45) is 1.93. The molecule has 11 heavy (non-hydrogen) atoms. The molecule has 56 valence electrons. The van der Waals surface area contributed by atoms with Gasteiger partial charge in [0.25, 0.3) is 0 Å². The normalized spacial score (nSPS) is 14.8. The maximum Gasteiger partial charge on any atom is 0.109 e. The Hall–Kier alpha value is -1.31. The highest BCUT2D eigenvalue weighted by Gasteiger charge is 2.07. The average molecular weight is 146 g/mol. The van der Waals surface area contributed by atoms with Crippen molar-refractivity contribution in [2.45, 2.75) is 0 Å². The Balaban J connectivity index is 2.54. The predicted octanol–water partition coefficient (Wildman–Crippen LogP) is 1.51. The van der Waals surface area contributed by atoms with Crippen molar-refractivity contribution in [3.63, 3.8) is 0 Å². The van der Waals surface area contributed by atoms with E-state index < -0.39 is 0 Å². The number of para-hydroxylation sites is 1. The van der Waals surface area contributed by atoms with E-state index in [0.29, 0.717) is 0 Å². The van der Waals surface area contributed by atoms with Crippen molar-refractivity contribution in [2.75, 3.05) is 18.6 Å². The standard InChI is InChI=1S/C9H10N2/c1-11-7-10-6-8-4-2-3-5-9(8)11/h2-6H,7H2,1H3. The largest absolute Gasteiger partial charge is 0.355 e. The first-order chi connectivity index (χ1) is 5.38. The lowest BCUT2D eigenvalue weighted by molar-refractivity contribution is 0.923. The molecule has 1 aliphatic rings. The molecule has 0 N–H and O–H groups in total. The van der Waals surface area contributed by atoms with Crippen LogP contribution in [0.3, 0.4) is 0 Å². The topological polar surface area (TPSA) is 15.6 Å². The molecule has 1 aromatic rings. The van der Waals surface area contributed by atoms with Gasteiger partial charge in [0.05, 0.1) is 0 Å². The van der Waals surface area contributed by atoms with Crippen LogP contribution in [0.1, 0.15) is 5.56 Å². The van der Waals surface area contributed by atoms with Crippen LogP contribution in [-0.2, 0) is 0 Å². The van der Waals surface area contributed by atoms with Crippen LogP contribution < -0.4 is 4.90 Å². The van der Waals surface area contributed by atoms with Crippen LogP contribution in [0.5, 0.6) is 0 Å². The van der Waals surface area contributed by atoms with Gasteiger partial charge in [0.15, 0.2) is 0 Å². The zero-order chi connectivity index (χ0) is 7.68. The Morgan fingerprint density at radius 3 is 3.00 bits per heavy atom. The van der Waals surface area contributed by atoms with E-state index >= 15 is 0 Å². The molecule has 0 atom stereocenters. The molecule has 0 spiro atoms. The Labute approximate surface area is 66.2 Å². The van der Waals surface area contributed by atoms with Crippen molar-refractivity contribution in [3.8, 4) is 0 Å². The van der Waals surface area contributed by atoms with Crippen molar-refractivity contribution < 1.29 is 0 Å². The highest BCUT2D eigenvalue weighted by Crippen LogP contribution is 2.19. The van der Waals surface area contributed by atoms with E-state index in [-0.39, 0.29) is 0 Å². The van der Waals surface area contributed by atoms with Gasteiger partial charge in [0.1, 0.15) is 6.67 Å². The van der Waals surface area contributed by atoms with Crippen molar-refractivity contribution >= 4 is 11.9 Å². The first kappa shape index (κ1) is 6.40. The van der Waals surface area contributed by atoms with Gasteiger partial charge in [-0.25, -0.2) is 0 Å². The van der Waals surface area contributed by atoms with Crippen LogP contribution in [0.4, 0.5) is 5.69 Å².